The van der Waals surface area contributed by atoms with Crippen LogP contribution in [-0.4, -0.2) is 20.2 Å². The Labute approximate surface area is 112 Å². The summed E-state index contributed by atoms with van der Waals surface area (Å²) >= 11 is 0. The summed E-state index contributed by atoms with van der Waals surface area (Å²) in [6.07, 6.45) is 0. The van der Waals surface area contributed by atoms with Crippen molar-refractivity contribution in [1.82, 2.24) is 0 Å². The van der Waals surface area contributed by atoms with E-state index in [-0.39, 0.29) is 22.0 Å². The standard InChI is InChI=1S/C13H19F2NO2S/c1-9(13(2,3)4)16-10-7-5-6-8-11(10)19(17,18)12(14)15/h5-9,12,16H,1-4H3. The van der Waals surface area contributed by atoms with Crippen LogP contribution in [0, 0.1) is 5.41 Å². The molecule has 0 aliphatic rings. The number of hydrogen-bond acceptors (Lipinski definition) is 3. The second kappa shape index (κ2) is 5.45. The van der Waals surface area contributed by atoms with Gasteiger partial charge in [0.15, 0.2) is 0 Å². The molecule has 1 aromatic rings. The number of nitrogens with one attached hydrogen (secondary N) is 1. The van der Waals surface area contributed by atoms with Crippen LogP contribution < -0.4 is 5.32 Å². The Morgan fingerprint density at radius 2 is 1.68 bits per heavy atom. The van der Waals surface area contributed by atoms with Gasteiger partial charge in [-0.3, -0.25) is 0 Å². The summed E-state index contributed by atoms with van der Waals surface area (Å²) in [6.45, 7) is 7.82. The first-order chi connectivity index (χ1) is 8.56. The quantitative estimate of drug-likeness (QED) is 0.923. The topological polar surface area (TPSA) is 46.2 Å². The van der Waals surface area contributed by atoms with Crippen LogP contribution in [0.5, 0.6) is 0 Å². The lowest BCUT2D eigenvalue weighted by molar-refractivity contribution is 0.235. The van der Waals surface area contributed by atoms with Crippen molar-refractivity contribution in [1.29, 1.82) is 0 Å². The first-order valence-electron chi connectivity index (χ1n) is 5.94. The molecule has 0 spiro atoms. The van der Waals surface area contributed by atoms with E-state index < -0.39 is 15.6 Å². The van der Waals surface area contributed by atoms with Crippen LogP contribution >= 0.6 is 0 Å². The fraction of sp³-hybridized carbons (Fsp3) is 0.538. The molecule has 108 valence electrons. The average Bonchev–Trinajstić information content (AvgIpc) is 2.28. The van der Waals surface area contributed by atoms with Crippen LogP contribution in [0.4, 0.5) is 14.5 Å². The molecule has 19 heavy (non-hydrogen) atoms. The third-order valence-electron chi connectivity index (χ3n) is 3.10. The molecule has 1 N–H and O–H groups in total. The normalized spacial score (nSPS) is 14.5. The molecular formula is C13H19F2NO2S. The van der Waals surface area contributed by atoms with E-state index in [0.717, 1.165) is 0 Å². The minimum atomic E-state index is -4.59. The Hall–Kier alpha value is -1.17. The minimum absolute atomic E-state index is 0.0680. The Bertz CT molecular complexity index is 536. The monoisotopic (exact) mass is 291 g/mol. The highest BCUT2D eigenvalue weighted by atomic mass is 32.2. The zero-order valence-corrected chi connectivity index (χ0v) is 12.3. The van der Waals surface area contributed by atoms with Crippen molar-refractivity contribution in [2.75, 3.05) is 5.32 Å². The number of anilines is 1. The molecule has 3 nitrogen and oxygen atoms in total. The van der Waals surface area contributed by atoms with Crippen molar-refractivity contribution in [2.45, 2.75) is 44.4 Å². The Balaban J connectivity index is 3.18. The number of rotatable bonds is 4. The van der Waals surface area contributed by atoms with Crippen molar-refractivity contribution in [2.24, 2.45) is 5.41 Å². The Kier molecular flexibility index (Phi) is 4.55. The van der Waals surface area contributed by atoms with Crippen LogP contribution in [0.15, 0.2) is 29.2 Å². The second-order valence-electron chi connectivity index (χ2n) is 5.53. The summed E-state index contributed by atoms with van der Waals surface area (Å²) in [5, 5.41) is 3.00. The van der Waals surface area contributed by atoms with Crippen LogP contribution in [-0.2, 0) is 9.84 Å². The van der Waals surface area contributed by atoms with Gasteiger partial charge in [0.05, 0.1) is 10.6 Å². The molecule has 0 saturated heterocycles. The van der Waals surface area contributed by atoms with E-state index in [2.05, 4.69) is 5.32 Å². The van der Waals surface area contributed by atoms with Gasteiger partial charge < -0.3 is 5.32 Å². The van der Waals surface area contributed by atoms with Crippen molar-refractivity contribution < 1.29 is 17.2 Å². The summed E-state index contributed by atoms with van der Waals surface area (Å²) in [5.41, 5.74) is 0.0899. The fourth-order valence-electron chi connectivity index (χ4n) is 1.38. The molecule has 0 aliphatic heterocycles. The Morgan fingerprint density at radius 3 is 2.16 bits per heavy atom. The van der Waals surface area contributed by atoms with Gasteiger partial charge in [-0.15, -0.1) is 0 Å². The lowest BCUT2D eigenvalue weighted by atomic mass is 9.88. The number of sulfone groups is 1. The van der Waals surface area contributed by atoms with E-state index in [4.69, 9.17) is 0 Å². The molecule has 0 amide bonds. The van der Waals surface area contributed by atoms with Gasteiger partial charge in [0.25, 0.3) is 0 Å². The van der Waals surface area contributed by atoms with Gasteiger partial charge in [0, 0.05) is 6.04 Å². The molecule has 1 rings (SSSR count). The number of alkyl halides is 2. The van der Waals surface area contributed by atoms with Crippen molar-refractivity contribution >= 4 is 15.5 Å². The largest absolute Gasteiger partial charge is 0.381 e. The number of benzene rings is 1. The summed E-state index contributed by atoms with van der Waals surface area (Å²) in [6, 6.07) is 5.67. The molecule has 6 heteroatoms. The van der Waals surface area contributed by atoms with E-state index in [9.17, 15) is 17.2 Å². The molecule has 1 atom stereocenters. The summed E-state index contributed by atoms with van der Waals surface area (Å²) < 4.78 is 48.5. The molecule has 0 fully saturated rings. The predicted octanol–water partition coefficient (Wildman–Crippen LogP) is 3.53. The highest BCUT2D eigenvalue weighted by Gasteiger charge is 2.30. The van der Waals surface area contributed by atoms with Crippen molar-refractivity contribution in [3.63, 3.8) is 0 Å². The Morgan fingerprint density at radius 1 is 1.16 bits per heavy atom. The van der Waals surface area contributed by atoms with Crippen LogP contribution in [0.3, 0.4) is 0 Å². The number of hydrogen-bond donors (Lipinski definition) is 1. The maximum absolute atomic E-state index is 12.6. The van der Waals surface area contributed by atoms with Gasteiger partial charge in [-0.2, -0.15) is 8.78 Å². The molecule has 0 radical (unpaired) electrons. The van der Waals surface area contributed by atoms with Crippen molar-refractivity contribution in [3.05, 3.63) is 24.3 Å². The van der Waals surface area contributed by atoms with Crippen LogP contribution in [0.25, 0.3) is 0 Å². The van der Waals surface area contributed by atoms with Crippen molar-refractivity contribution in [3.8, 4) is 0 Å². The zero-order valence-electron chi connectivity index (χ0n) is 11.4. The van der Waals surface area contributed by atoms with Gasteiger partial charge in [-0.05, 0) is 24.5 Å². The van der Waals surface area contributed by atoms with Gasteiger partial charge in [-0.1, -0.05) is 32.9 Å². The molecular weight excluding hydrogens is 272 g/mol. The first-order valence-corrected chi connectivity index (χ1v) is 7.49. The first kappa shape index (κ1) is 15.9. The van der Waals surface area contributed by atoms with Crippen LogP contribution in [0.1, 0.15) is 27.7 Å². The van der Waals surface area contributed by atoms with Gasteiger partial charge >= 0.3 is 5.76 Å². The summed E-state index contributed by atoms with van der Waals surface area (Å²) in [4.78, 5) is -0.360. The number of halogens is 2. The molecule has 1 aromatic carbocycles. The zero-order chi connectivity index (χ0) is 14.8. The molecule has 0 aromatic heterocycles. The van der Waals surface area contributed by atoms with Gasteiger partial charge in [0.1, 0.15) is 0 Å². The maximum atomic E-state index is 12.6. The lowest BCUT2D eigenvalue weighted by Gasteiger charge is -2.29. The third-order valence-corrected chi connectivity index (χ3v) is 4.54. The second-order valence-corrected chi connectivity index (χ2v) is 7.42. The average molecular weight is 291 g/mol. The smallest absolute Gasteiger partial charge is 0.341 e. The summed E-state index contributed by atoms with van der Waals surface area (Å²) in [5.74, 6) is -3.42. The van der Waals surface area contributed by atoms with E-state index in [0.29, 0.717) is 0 Å². The molecule has 1 unspecified atom stereocenters. The van der Waals surface area contributed by atoms with E-state index in [1.165, 1.54) is 18.2 Å². The summed E-state index contributed by atoms with van der Waals surface area (Å²) in [7, 11) is -4.59. The molecule has 0 heterocycles. The highest BCUT2D eigenvalue weighted by Crippen LogP contribution is 2.29. The third kappa shape index (κ3) is 3.65. The lowest BCUT2D eigenvalue weighted by Crippen LogP contribution is -2.31. The minimum Gasteiger partial charge on any atom is -0.381 e. The predicted molar refractivity (Wildman–Crippen MR) is 72.2 cm³/mol. The van der Waals surface area contributed by atoms with Gasteiger partial charge in [-0.25, -0.2) is 8.42 Å². The van der Waals surface area contributed by atoms with Crippen LogP contribution in [0.2, 0.25) is 0 Å². The molecule has 0 aliphatic carbocycles. The van der Waals surface area contributed by atoms with E-state index in [1.54, 1.807) is 6.07 Å². The van der Waals surface area contributed by atoms with Gasteiger partial charge in [0.2, 0.25) is 9.84 Å². The van der Waals surface area contributed by atoms with E-state index >= 15 is 0 Å². The fourth-order valence-corrected chi connectivity index (χ4v) is 2.27. The molecule has 0 bridgehead atoms. The maximum Gasteiger partial charge on any atom is 0.341 e. The SMILES string of the molecule is CC(Nc1ccccc1S(=O)(=O)C(F)F)C(C)(C)C. The van der Waals surface area contributed by atoms with E-state index in [1.807, 2.05) is 27.7 Å². The number of para-hydroxylation sites is 1. The molecule has 0 saturated carbocycles. The highest BCUT2D eigenvalue weighted by molar-refractivity contribution is 7.91.